The first kappa shape index (κ1) is 14.4. The first-order chi connectivity index (χ1) is 9.67. The largest absolute Gasteiger partial charge is 0.396 e. The maximum atomic E-state index is 12.2. The van der Waals surface area contributed by atoms with Crippen molar-refractivity contribution in [2.45, 2.75) is 13.3 Å². The number of benzene rings is 1. The molecule has 1 aromatic carbocycles. The van der Waals surface area contributed by atoms with Gasteiger partial charge >= 0.3 is 6.03 Å². The Bertz CT molecular complexity index is 512. The highest BCUT2D eigenvalue weighted by atomic mass is 16.3. The number of aliphatic hydroxyl groups is 1. The van der Waals surface area contributed by atoms with Gasteiger partial charge in [-0.05, 0) is 24.1 Å². The molecule has 1 saturated heterocycles. The molecule has 1 aliphatic rings. The number of aliphatic hydroxyl groups excluding tert-OH is 1. The van der Waals surface area contributed by atoms with E-state index in [0.717, 1.165) is 6.42 Å². The zero-order valence-electron chi connectivity index (χ0n) is 11.5. The van der Waals surface area contributed by atoms with Crippen molar-refractivity contribution in [3.8, 4) is 6.07 Å². The van der Waals surface area contributed by atoms with Crippen LogP contribution in [0.15, 0.2) is 24.3 Å². The van der Waals surface area contributed by atoms with Crippen molar-refractivity contribution in [2.24, 2.45) is 11.8 Å². The first-order valence-electron chi connectivity index (χ1n) is 6.84. The van der Waals surface area contributed by atoms with Crippen molar-refractivity contribution in [1.29, 1.82) is 5.26 Å². The van der Waals surface area contributed by atoms with E-state index in [1.54, 1.807) is 29.2 Å². The van der Waals surface area contributed by atoms with Crippen LogP contribution in [0, 0.1) is 23.2 Å². The lowest BCUT2D eigenvalue weighted by molar-refractivity contribution is 0.197. The van der Waals surface area contributed by atoms with E-state index in [2.05, 4.69) is 12.2 Å². The minimum absolute atomic E-state index is 0.117. The fourth-order valence-electron chi connectivity index (χ4n) is 2.64. The van der Waals surface area contributed by atoms with Crippen LogP contribution in [-0.4, -0.2) is 35.7 Å². The van der Waals surface area contributed by atoms with Crippen molar-refractivity contribution >= 4 is 11.7 Å². The Balaban J connectivity index is 2.00. The van der Waals surface area contributed by atoms with Crippen LogP contribution in [0.3, 0.4) is 0 Å². The highest BCUT2D eigenvalue weighted by molar-refractivity contribution is 5.89. The number of carbonyl (C=O) groups excluding carboxylic acids is 1. The van der Waals surface area contributed by atoms with Crippen LogP contribution in [0.5, 0.6) is 0 Å². The molecule has 0 spiro atoms. The fraction of sp³-hybridized carbons (Fsp3) is 0.467. The van der Waals surface area contributed by atoms with E-state index in [1.807, 2.05) is 6.07 Å². The number of amides is 2. The topological polar surface area (TPSA) is 76.4 Å². The molecule has 0 radical (unpaired) electrons. The molecule has 2 N–H and O–H groups in total. The molecule has 106 valence electrons. The van der Waals surface area contributed by atoms with Gasteiger partial charge in [0.25, 0.3) is 0 Å². The Labute approximate surface area is 118 Å². The van der Waals surface area contributed by atoms with Gasteiger partial charge in [0.05, 0.1) is 11.6 Å². The summed E-state index contributed by atoms with van der Waals surface area (Å²) in [5.41, 5.74) is 1.14. The lowest BCUT2D eigenvalue weighted by atomic mass is 9.95. The quantitative estimate of drug-likeness (QED) is 0.884. The van der Waals surface area contributed by atoms with Crippen LogP contribution < -0.4 is 5.32 Å². The number of likely N-dealkylation sites (tertiary alicyclic amines) is 1. The van der Waals surface area contributed by atoms with E-state index in [4.69, 9.17) is 5.26 Å². The fourth-order valence-corrected chi connectivity index (χ4v) is 2.64. The Morgan fingerprint density at radius 3 is 2.85 bits per heavy atom. The number of hydrogen-bond donors (Lipinski definition) is 2. The molecule has 20 heavy (non-hydrogen) atoms. The van der Waals surface area contributed by atoms with Crippen molar-refractivity contribution < 1.29 is 9.90 Å². The molecule has 0 saturated carbocycles. The molecule has 2 rings (SSSR count). The second-order valence-corrected chi connectivity index (χ2v) is 5.14. The molecular formula is C15H19N3O2. The van der Waals surface area contributed by atoms with Gasteiger partial charge in [0.1, 0.15) is 0 Å². The van der Waals surface area contributed by atoms with Crippen LogP contribution in [0.2, 0.25) is 0 Å². The smallest absolute Gasteiger partial charge is 0.321 e. The monoisotopic (exact) mass is 273 g/mol. The Kier molecular flexibility index (Phi) is 4.59. The summed E-state index contributed by atoms with van der Waals surface area (Å²) in [4.78, 5) is 13.9. The summed E-state index contributed by atoms with van der Waals surface area (Å²) in [6, 6.07) is 8.71. The minimum Gasteiger partial charge on any atom is -0.396 e. The van der Waals surface area contributed by atoms with Gasteiger partial charge in [0, 0.05) is 31.3 Å². The third-order valence-electron chi connectivity index (χ3n) is 3.87. The normalized spacial score (nSPS) is 21.6. The highest BCUT2D eigenvalue weighted by Gasteiger charge is 2.33. The minimum atomic E-state index is -0.172. The molecule has 2 amide bonds. The highest BCUT2D eigenvalue weighted by Crippen LogP contribution is 2.26. The van der Waals surface area contributed by atoms with Gasteiger partial charge in [-0.15, -0.1) is 0 Å². The predicted octanol–water partition coefficient (Wildman–Crippen LogP) is 2.04. The number of urea groups is 1. The lowest BCUT2D eigenvalue weighted by Crippen LogP contribution is -2.33. The average molecular weight is 273 g/mol. The molecule has 1 heterocycles. The first-order valence-corrected chi connectivity index (χ1v) is 6.84. The van der Waals surface area contributed by atoms with Crippen molar-refractivity contribution in [1.82, 2.24) is 4.90 Å². The molecule has 0 bridgehead atoms. The van der Waals surface area contributed by atoms with Gasteiger partial charge in [0.2, 0.25) is 0 Å². The summed E-state index contributed by atoms with van der Waals surface area (Å²) in [6.45, 7) is 3.45. The number of nitriles is 1. The molecule has 5 heteroatoms. The Morgan fingerprint density at radius 1 is 1.50 bits per heavy atom. The third-order valence-corrected chi connectivity index (χ3v) is 3.87. The van der Waals surface area contributed by atoms with Gasteiger partial charge in [-0.1, -0.05) is 19.4 Å². The van der Waals surface area contributed by atoms with E-state index >= 15 is 0 Å². The summed E-state index contributed by atoms with van der Waals surface area (Å²) >= 11 is 0. The van der Waals surface area contributed by atoms with E-state index < -0.39 is 0 Å². The average Bonchev–Trinajstić information content (AvgIpc) is 2.90. The number of nitrogens with one attached hydrogen (secondary N) is 1. The van der Waals surface area contributed by atoms with Crippen LogP contribution in [0.1, 0.15) is 18.9 Å². The Hall–Kier alpha value is -2.06. The molecule has 1 fully saturated rings. The number of rotatable bonds is 3. The predicted molar refractivity (Wildman–Crippen MR) is 76.1 cm³/mol. The standard InChI is InChI=1S/C15H19N3O2/c1-2-12-8-18(9-13(12)10-19)15(20)17-14-5-3-4-11(6-14)7-16/h3-6,12-13,19H,2,8-10H2,1H3,(H,17,20)/t12-,13-/m1/s1. The van der Waals surface area contributed by atoms with E-state index in [1.165, 1.54) is 0 Å². The maximum absolute atomic E-state index is 12.2. The number of anilines is 1. The molecule has 0 aromatic heterocycles. The number of nitrogens with zero attached hydrogens (tertiary/aromatic N) is 2. The SMILES string of the molecule is CC[C@@H]1CN(C(=O)Nc2cccc(C#N)c2)C[C@@H]1CO. The van der Waals surface area contributed by atoms with E-state index in [9.17, 15) is 9.90 Å². The zero-order chi connectivity index (χ0) is 14.5. The lowest BCUT2D eigenvalue weighted by Gasteiger charge is -2.17. The summed E-state index contributed by atoms with van der Waals surface area (Å²) in [7, 11) is 0. The third kappa shape index (κ3) is 3.09. The van der Waals surface area contributed by atoms with Crippen molar-refractivity contribution in [2.75, 3.05) is 25.0 Å². The van der Waals surface area contributed by atoms with Crippen LogP contribution in [0.25, 0.3) is 0 Å². The molecule has 0 aliphatic carbocycles. The van der Waals surface area contributed by atoms with Crippen LogP contribution >= 0.6 is 0 Å². The number of carbonyl (C=O) groups is 1. The molecule has 0 unspecified atom stereocenters. The maximum Gasteiger partial charge on any atom is 0.321 e. The second-order valence-electron chi connectivity index (χ2n) is 5.14. The van der Waals surface area contributed by atoms with Gasteiger partial charge in [-0.3, -0.25) is 0 Å². The number of hydrogen-bond acceptors (Lipinski definition) is 3. The van der Waals surface area contributed by atoms with Crippen LogP contribution in [-0.2, 0) is 0 Å². The molecule has 5 nitrogen and oxygen atoms in total. The van der Waals surface area contributed by atoms with Gasteiger partial charge < -0.3 is 15.3 Å². The van der Waals surface area contributed by atoms with Crippen molar-refractivity contribution in [3.63, 3.8) is 0 Å². The van der Waals surface area contributed by atoms with E-state index in [0.29, 0.717) is 30.3 Å². The summed E-state index contributed by atoms with van der Waals surface area (Å²) < 4.78 is 0. The van der Waals surface area contributed by atoms with Gasteiger partial charge in [-0.25, -0.2) is 4.79 Å². The zero-order valence-corrected chi connectivity index (χ0v) is 11.5. The van der Waals surface area contributed by atoms with Gasteiger partial charge in [0.15, 0.2) is 0 Å². The molecular weight excluding hydrogens is 254 g/mol. The summed E-state index contributed by atoms with van der Waals surface area (Å²) in [5, 5.41) is 21.0. The molecule has 2 atom stereocenters. The summed E-state index contributed by atoms with van der Waals surface area (Å²) in [5.74, 6) is 0.521. The molecule has 1 aromatic rings. The van der Waals surface area contributed by atoms with Crippen molar-refractivity contribution in [3.05, 3.63) is 29.8 Å². The van der Waals surface area contributed by atoms with Gasteiger partial charge in [-0.2, -0.15) is 5.26 Å². The second kappa shape index (κ2) is 6.40. The van der Waals surface area contributed by atoms with Crippen LogP contribution in [0.4, 0.5) is 10.5 Å². The Morgan fingerprint density at radius 2 is 2.25 bits per heavy atom. The molecule has 1 aliphatic heterocycles. The summed E-state index contributed by atoms with van der Waals surface area (Å²) in [6.07, 6.45) is 0.957. The van der Waals surface area contributed by atoms with E-state index in [-0.39, 0.29) is 18.6 Å².